The molecule has 0 saturated heterocycles. The maximum Gasteiger partial charge on any atom is 0.343 e. The minimum Gasteiger partial charge on any atom is -0.494 e. The van der Waals surface area contributed by atoms with Gasteiger partial charge in [-0.05, 0) is 214 Å². The smallest absolute Gasteiger partial charge is 0.343 e. The number of pyridine rings is 1. The Bertz CT molecular complexity index is 3600. The first-order chi connectivity index (χ1) is 42.5. The summed E-state index contributed by atoms with van der Waals surface area (Å²) in [6.07, 6.45) is 13.9. The molecule has 0 saturated carbocycles. The van der Waals surface area contributed by atoms with Gasteiger partial charge in [-0.3, -0.25) is 0 Å². The second-order valence-corrected chi connectivity index (χ2v) is 20.3. The fourth-order valence-electron chi connectivity index (χ4n) is 9.21. The summed E-state index contributed by atoms with van der Waals surface area (Å²) in [6, 6.07) is 47.9. The van der Waals surface area contributed by atoms with Gasteiger partial charge in [0.1, 0.15) is 34.5 Å². The van der Waals surface area contributed by atoms with Crippen molar-refractivity contribution < 1.29 is 66.6 Å². The first-order valence-electron chi connectivity index (χ1n) is 29.3. The van der Waals surface area contributed by atoms with E-state index in [0.717, 1.165) is 128 Å². The molecule has 1 heterocycles. The lowest BCUT2D eigenvalue weighted by Gasteiger charge is -2.14. The third kappa shape index (κ3) is 19.8. The summed E-state index contributed by atoms with van der Waals surface area (Å²) in [5, 5.41) is 2.59. The highest BCUT2D eigenvalue weighted by molar-refractivity contribution is 6.10. The quantitative estimate of drug-likeness (QED) is 0.00913. The Morgan fingerprint density at radius 2 is 0.667 bits per heavy atom. The third-order valence-corrected chi connectivity index (χ3v) is 13.9. The molecule has 0 aliphatic carbocycles. The van der Waals surface area contributed by atoms with Crippen molar-refractivity contribution in [3.63, 3.8) is 0 Å². The van der Waals surface area contributed by atoms with E-state index in [0.29, 0.717) is 96.7 Å². The summed E-state index contributed by atoms with van der Waals surface area (Å²) < 4.78 is 50.9. The number of aromatic nitrogens is 1. The zero-order valence-electron chi connectivity index (χ0n) is 48.8. The number of benzene rings is 7. The number of unbranched alkanes of at least 4 members (excludes halogenated alkanes) is 9. The van der Waals surface area contributed by atoms with Crippen molar-refractivity contribution in [2.24, 2.45) is 0 Å². The van der Waals surface area contributed by atoms with Gasteiger partial charge in [-0.25, -0.2) is 29.0 Å². The summed E-state index contributed by atoms with van der Waals surface area (Å²) in [7, 11) is 0. The van der Waals surface area contributed by atoms with Crippen LogP contribution in [0.5, 0.6) is 40.4 Å². The standard InChI is InChI=1S/C72H71NO14/c1-4-67(74)82-46-16-10-7-13-43-79-57-29-35-60(36-30-57)85-70-65-49-55(51-19-23-53(24-20-51)71(77)86-61-37-31-58(32-38-61)80-44-14-8-11-17-47-83-68(75)5-2)27-41-63(65)64-42-28-56(50-66(64)73-70)52-21-25-54(26-22-52)72(78)87-62-39-33-59(34-40-62)81-45-15-9-12-18-48-84-69(76)6-3/h4-6,19-42,49-50H,1-3,7-18,43-48H2. The van der Waals surface area contributed by atoms with E-state index in [4.69, 9.17) is 47.6 Å². The summed E-state index contributed by atoms with van der Waals surface area (Å²) in [4.78, 5) is 65.4. The maximum absolute atomic E-state index is 13.3. The van der Waals surface area contributed by atoms with Crippen LogP contribution in [0.2, 0.25) is 0 Å². The normalized spacial score (nSPS) is 10.8. The average molecular weight is 1170 g/mol. The van der Waals surface area contributed by atoms with E-state index in [-0.39, 0.29) is 0 Å². The summed E-state index contributed by atoms with van der Waals surface area (Å²) in [5.41, 5.74) is 4.95. The molecular weight excluding hydrogens is 1100 g/mol. The number of rotatable bonds is 35. The molecule has 7 aromatic carbocycles. The molecule has 15 nitrogen and oxygen atoms in total. The molecule has 0 bridgehead atoms. The van der Waals surface area contributed by atoms with Gasteiger partial charge in [0, 0.05) is 29.0 Å². The average Bonchev–Trinajstić information content (AvgIpc) is 1.31. The molecule has 8 rings (SSSR count). The van der Waals surface area contributed by atoms with Crippen molar-refractivity contribution in [3.05, 3.63) is 207 Å². The van der Waals surface area contributed by atoms with E-state index >= 15 is 0 Å². The fraction of sp³-hybridized carbons (Fsp3) is 0.250. The Morgan fingerprint density at radius 1 is 0.333 bits per heavy atom. The number of esters is 5. The molecule has 15 heteroatoms. The zero-order chi connectivity index (χ0) is 61.0. The molecule has 0 radical (unpaired) electrons. The van der Waals surface area contributed by atoms with Gasteiger partial charge in [-0.1, -0.05) is 68.3 Å². The van der Waals surface area contributed by atoms with Crippen LogP contribution in [-0.2, 0) is 28.6 Å². The van der Waals surface area contributed by atoms with Gasteiger partial charge in [0.15, 0.2) is 0 Å². The minimum absolute atomic E-state index is 0.370. The van der Waals surface area contributed by atoms with Crippen molar-refractivity contribution in [2.45, 2.75) is 77.0 Å². The Morgan fingerprint density at radius 3 is 1.06 bits per heavy atom. The molecule has 0 spiro atoms. The van der Waals surface area contributed by atoms with E-state index in [9.17, 15) is 24.0 Å². The van der Waals surface area contributed by atoms with E-state index in [2.05, 4.69) is 19.7 Å². The summed E-state index contributed by atoms with van der Waals surface area (Å²) >= 11 is 0. The molecule has 0 N–H and O–H groups in total. The largest absolute Gasteiger partial charge is 0.494 e. The van der Waals surface area contributed by atoms with Gasteiger partial charge in [0.2, 0.25) is 5.88 Å². The van der Waals surface area contributed by atoms with E-state index in [1.54, 1.807) is 72.8 Å². The van der Waals surface area contributed by atoms with E-state index in [1.165, 1.54) is 6.08 Å². The van der Waals surface area contributed by atoms with E-state index < -0.39 is 29.8 Å². The number of carbonyl (C=O) groups is 5. The monoisotopic (exact) mass is 1170 g/mol. The predicted molar refractivity (Wildman–Crippen MR) is 335 cm³/mol. The second kappa shape index (κ2) is 33.5. The van der Waals surface area contributed by atoms with Crippen LogP contribution >= 0.6 is 0 Å². The maximum atomic E-state index is 13.3. The molecule has 448 valence electrons. The van der Waals surface area contributed by atoms with Crippen LogP contribution in [0.25, 0.3) is 43.9 Å². The fourth-order valence-corrected chi connectivity index (χ4v) is 9.21. The number of ether oxygens (including phenoxy) is 9. The predicted octanol–water partition coefficient (Wildman–Crippen LogP) is 16.0. The van der Waals surface area contributed by atoms with E-state index in [1.807, 2.05) is 84.9 Å². The molecule has 87 heavy (non-hydrogen) atoms. The van der Waals surface area contributed by atoms with Gasteiger partial charge >= 0.3 is 29.8 Å². The number of hydrogen-bond donors (Lipinski definition) is 0. The second-order valence-electron chi connectivity index (χ2n) is 20.3. The number of carbonyl (C=O) groups excluding carboxylic acids is 5. The van der Waals surface area contributed by atoms with Crippen LogP contribution in [0, 0.1) is 0 Å². The third-order valence-electron chi connectivity index (χ3n) is 13.9. The molecule has 0 atom stereocenters. The van der Waals surface area contributed by atoms with Crippen molar-refractivity contribution in [1.82, 2.24) is 4.98 Å². The molecule has 0 unspecified atom stereocenters. The molecular formula is C72H71NO14. The number of fused-ring (bicyclic) bond motifs is 3. The lowest BCUT2D eigenvalue weighted by Crippen LogP contribution is -2.08. The first kappa shape index (κ1) is 63.0. The molecule has 0 amide bonds. The molecule has 1 aromatic heterocycles. The van der Waals surface area contributed by atoms with Gasteiger partial charge in [-0.15, -0.1) is 0 Å². The highest BCUT2D eigenvalue weighted by Crippen LogP contribution is 2.38. The Labute approximate surface area is 507 Å². The highest BCUT2D eigenvalue weighted by Gasteiger charge is 2.17. The summed E-state index contributed by atoms with van der Waals surface area (Å²) in [6.45, 7) is 12.9. The lowest BCUT2D eigenvalue weighted by atomic mass is 9.97. The Kier molecular flexibility index (Phi) is 24.2. The highest BCUT2D eigenvalue weighted by atomic mass is 16.6. The van der Waals surface area contributed by atoms with Crippen molar-refractivity contribution in [1.29, 1.82) is 0 Å². The lowest BCUT2D eigenvalue weighted by molar-refractivity contribution is -0.138. The van der Waals surface area contributed by atoms with Crippen LogP contribution in [0.4, 0.5) is 0 Å². The Balaban J connectivity index is 0.915. The van der Waals surface area contributed by atoms with Crippen LogP contribution in [0.3, 0.4) is 0 Å². The first-order valence-corrected chi connectivity index (χ1v) is 29.3. The van der Waals surface area contributed by atoms with Crippen LogP contribution in [0.1, 0.15) is 97.8 Å². The van der Waals surface area contributed by atoms with Crippen molar-refractivity contribution in [3.8, 4) is 62.6 Å². The topological polar surface area (TPSA) is 181 Å². The van der Waals surface area contributed by atoms with Crippen LogP contribution in [-0.4, -0.2) is 74.5 Å². The molecule has 0 aliphatic rings. The van der Waals surface area contributed by atoms with Crippen molar-refractivity contribution >= 4 is 51.5 Å². The van der Waals surface area contributed by atoms with Gasteiger partial charge in [0.05, 0.1) is 56.3 Å². The van der Waals surface area contributed by atoms with Gasteiger partial charge in [0.25, 0.3) is 0 Å². The Hall–Kier alpha value is -10.0. The van der Waals surface area contributed by atoms with Gasteiger partial charge in [-0.2, -0.15) is 0 Å². The van der Waals surface area contributed by atoms with Crippen molar-refractivity contribution in [2.75, 3.05) is 39.6 Å². The number of hydrogen-bond acceptors (Lipinski definition) is 15. The van der Waals surface area contributed by atoms with Crippen LogP contribution in [0.15, 0.2) is 196 Å². The van der Waals surface area contributed by atoms with Crippen LogP contribution < -0.4 is 28.4 Å². The zero-order valence-corrected chi connectivity index (χ0v) is 48.8. The number of nitrogens with zero attached hydrogens (tertiary/aromatic N) is 1. The molecule has 0 aliphatic heterocycles. The minimum atomic E-state index is -0.499. The molecule has 8 aromatic rings. The van der Waals surface area contributed by atoms with Gasteiger partial charge < -0.3 is 42.6 Å². The summed E-state index contributed by atoms with van der Waals surface area (Å²) in [5.74, 6) is 1.53. The molecule has 0 fully saturated rings. The SMILES string of the molecule is C=CC(=O)OCCCCCCOc1ccc(OC(=O)c2ccc(-c3ccc4c(c3)nc(Oc3ccc(OCCCCCCOC(=O)C=C)cc3)c3cc(-c5ccc(C(=O)Oc6ccc(OCCCCCCOC(=O)C=C)cc6)cc5)ccc34)cc2)cc1.